The number of fused-ring (bicyclic) bond motifs is 1. The van der Waals surface area contributed by atoms with Crippen LogP contribution in [0.3, 0.4) is 0 Å². The van der Waals surface area contributed by atoms with Crippen molar-refractivity contribution in [2.75, 3.05) is 19.5 Å². The van der Waals surface area contributed by atoms with E-state index in [0.29, 0.717) is 16.7 Å². The first-order valence-corrected chi connectivity index (χ1v) is 15.4. The van der Waals surface area contributed by atoms with Crippen molar-refractivity contribution in [3.63, 3.8) is 0 Å². The van der Waals surface area contributed by atoms with Crippen LogP contribution in [0.15, 0.2) is 102 Å². The third-order valence-electron chi connectivity index (χ3n) is 7.34. The minimum absolute atomic E-state index is 0.144. The van der Waals surface area contributed by atoms with E-state index in [4.69, 9.17) is 14.2 Å². The molecule has 2 heterocycles. The van der Waals surface area contributed by atoms with Crippen LogP contribution in [0.25, 0.3) is 0 Å². The van der Waals surface area contributed by atoms with Crippen LogP contribution in [0.1, 0.15) is 29.7 Å². The third-order valence-corrected chi connectivity index (χ3v) is 9.31. The van der Waals surface area contributed by atoms with Crippen LogP contribution >= 0.6 is 0 Å². The lowest BCUT2D eigenvalue weighted by Crippen LogP contribution is -2.84. The van der Waals surface area contributed by atoms with Crippen LogP contribution in [-0.2, 0) is 49.6 Å². The van der Waals surface area contributed by atoms with Crippen molar-refractivity contribution in [1.29, 1.82) is 0 Å². The molecule has 0 aromatic heterocycles. The van der Waals surface area contributed by atoms with E-state index in [-0.39, 0.29) is 12.0 Å². The zero-order valence-corrected chi connectivity index (χ0v) is 24.8. The third kappa shape index (κ3) is 5.86. The van der Waals surface area contributed by atoms with E-state index in [2.05, 4.69) is 5.32 Å². The topological polar surface area (TPSA) is 145 Å². The van der Waals surface area contributed by atoms with Gasteiger partial charge >= 0.3 is 11.9 Å². The predicted molar refractivity (Wildman–Crippen MR) is 157 cm³/mol. The van der Waals surface area contributed by atoms with Gasteiger partial charge in [0.05, 0.1) is 12.2 Å². The molecule has 0 radical (unpaired) electrons. The number of nitrogens with zero attached hydrogens (tertiary/aromatic N) is 1. The summed E-state index contributed by atoms with van der Waals surface area (Å²) in [5.74, 6) is -4.13. The fourth-order valence-corrected chi connectivity index (χ4v) is 7.52. The number of benzene rings is 3. The number of rotatable bonds is 10. The van der Waals surface area contributed by atoms with E-state index in [1.807, 2.05) is 0 Å². The first-order chi connectivity index (χ1) is 21.1. The zero-order chi connectivity index (χ0) is 31.5. The van der Waals surface area contributed by atoms with Gasteiger partial charge in [0.2, 0.25) is 5.91 Å². The Morgan fingerprint density at radius 2 is 1.48 bits per heavy atom. The van der Waals surface area contributed by atoms with Crippen LogP contribution < -0.4 is 5.32 Å². The van der Waals surface area contributed by atoms with Gasteiger partial charge in [-0.05, 0) is 16.7 Å². The number of β-lactam (4-membered cyclic amide) rings is 1. The molecular weight excluding hydrogens is 588 g/mol. The van der Waals surface area contributed by atoms with Crippen molar-refractivity contribution < 1.29 is 41.8 Å². The fourth-order valence-electron chi connectivity index (χ4n) is 5.37. The van der Waals surface area contributed by atoms with Crippen LogP contribution in [0.5, 0.6) is 0 Å². The molecule has 0 unspecified atom stereocenters. The number of ether oxygens (including phenoxy) is 3. The van der Waals surface area contributed by atoms with Crippen LogP contribution in [0, 0.1) is 0 Å². The average molecular weight is 619 g/mol. The SMILES string of the molecule is CO[C@@]1(NC(=O)Cc2ccccc2)C(=O)N2C(C(=O)OC(c3ccccc3)c3ccccc3)=C(COC(C)=O)CS(=O)(=O)[C@H]21. The molecule has 0 saturated carbocycles. The number of hydrogen-bond acceptors (Lipinski definition) is 9. The maximum Gasteiger partial charge on any atom is 0.356 e. The van der Waals surface area contributed by atoms with Crippen molar-refractivity contribution in [2.45, 2.75) is 30.5 Å². The molecule has 228 valence electrons. The number of sulfone groups is 1. The lowest BCUT2D eigenvalue weighted by Gasteiger charge is -2.55. The van der Waals surface area contributed by atoms with E-state index in [1.165, 1.54) is 0 Å². The van der Waals surface area contributed by atoms with Gasteiger partial charge in [0.25, 0.3) is 11.6 Å². The normalized spacial score (nSPS) is 20.4. The summed E-state index contributed by atoms with van der Waals surface area (Å²) >= 11 is 0. The molecule has 2 amide bonds. The van der Waals surface area contributed by atoms with Gasteiger partial charge in [0.1, 0.15) is 12.3 Å². The molecule has 44 heavy (non-hydrogen) atoms. The van der Waals surface area contributed by atoms with E-state index >= 15 is 0 Å². The molecular formula is C32H30N2O9S. The highest BCUT2D eigenvalue weighted by molar-refractivity contribution is 7.92. The van der Waals surface area contributed by atoms with Crippen LogP contribution in [0.2, 0.25) is 0 Å². The van der Waals surface area contributed by atoms with Gasteiger partial charge in [0, 0.05) is 19.6 Å². The van der Waals surface area contributed by atoms with Crippen molar-refractivity contribution >= 4 is 33.6 Å². The Labute approximate surface area is 254 Å². The molecule has 3 aromatic rings. The highest BCUT2D eigenvalue weighted by Crippen LogP contribution is 2.44. The second kappa shape index (κ2) is 12.4. The van der Waals surface area contributed by atoms with E-state index in [1.54, 1.807) is 91.0 Å². The molecule has 5 rings (SSSR count). The fraction of sp³-hybridized carbons (Fsp3) is 0.250. The number of hydrogen-bond donors (Lipinski definition) is 1. The van der Waals surface area contributed by atoms with E-state index in [0.717, 1.165) is 18.9 Å². The number of nitrogens with one attached hydrogen (secondary N) is 1. The van der Waals surface area contributed by atoms with Crippen LogP contribution in [-0.4, -0.2) is 67.6 Å². The van der Waals surface area contributed by atoms with Gasteiger partial charge in [-0.1, -0.05) is 91.0 Å². The monoisotopic (exact) mass is 618 g/mol. The highest BCUT2D eigenvalue weighted by atomic mass is 32.2. The molecule has 1 N–H and O–H groups in total. The number of esters is 2. The Morgan fingerprint density at radius 3 is 2.00 bits per heavy atom. The standard InChI is InChI=1S/C32H30N2O9S/c1-21(35)42-19-25-20-44(39,40)31-32(41-2,33-26(36)18-22-12-6-3-7-13-22)30(38)34(31)27(25)29(37)43-28(23-14-8-4-9-15-23)24-16-10-5-11-17-24/h3-17,28,31H,18-20H2,1-2H3,(H,33,36)/t31-,32-/m0/s1. The van der Waals surface area contributed by atoms with Crippen molar-refractivity contribution in [1.82, 2.24) is 10.2 Å². The molecule has 3 aromatic carbocycles. The Balaban J connectivity index is 1.52. The first kappa shape index (κ1) is 30.6. The maximum absolute atomic E-state index is 14.0. The Hall–Kier alpha value is -4.81. The molecule has 0 spiro atoms. The summed E-state index contributed by atoms with van der Waals surface area (Å²) in [7, 11) is -3.18. The van der Waals surface area contributed by atoms with Gasteiger partial charge in [-0.15, -0.1) is 0 Å². The number of amides is 2. The molecule has 1 saturated heterocycles. The highest BCUT2D eigenvalue weighted by Gasteiger charge is 2.71. The molecule has 0 aliphatic carbocycles. The molecule has 11 nitrogen and oxygen atoms in total. The molecule has 2 aliphatic rings. The van der Waals surface area contributed by atoms with E-state index < -0.39 is 68.8 Å². The number of methoxy groups -OCH3 is 1. The number of carbonyl (C=O) groups excluding carboxylic acids is 4. The van der Waals surface area contributed by atoms with Crippen molar-refractivity contribution in [3.05, 3.63) is 119 Å². The lowest BCUT2D eigenvalue weighted by atomic mass is 9.97. The summed E-state index contributed by atoms with van der Waals surface area (Å²) in [4.78, 5) is 53.2. The van der Waals surface area contributed by atoms with Crippen molar-refractivity contribution in [3.8, 4) is 0 Å². The first-order valence-electron chi connectivity index (χ1n) is 13.7. The summed E-state index contributed by atoms with van der Waals surface area (Å²) < 4.78 is 43.7. The minimum atomic E-state index is -4.28. The summed E-state index contributed by atoms with van der Waals surface area (Å²) in [6.45, 7) is 0.559. The zero-order valence-electron chi connectivity index (χ0n) is 24.0. The second-order valence-corrected chi connectivity index (χ2v) is 12.4. The van der Waals surface area contributed by atoms with Gasteiger partial charge in [-0.2, -0.15) is 0 Å². The molecule has 2 aliphatic heterocycles. The Morgan fingerprint density at radius 1 is 0.932 bits per heavy atom. The Kier molecular flexibility index (Phi) is 8.66. The predicted octanol–water partition coefficient (Wildman–Crippen LogP) is 2.43. The summed E-state index contributed by atoms with van der Waals surface area (Å²) in [6, 6.07) is 26.4. The summed E-state index contributed by atoms with van der Waals surface area (Å²) in [5.41, 5.74) is -0.937. The van der Waals surface area contributed by atoms with Gasteiger partial charge in [-0.3, -0.25) is 19.3 Å². The van der Waals surface area contributed by atoms with E-state index in [9.17, 15) is 27.6 Å². The smallest absolute Gasteiger partial charge is 0.356 e. The number of carbonyl (C=O) groups is 4. The largest absolute Gasteiger partial charge is 0.461 e. The minimum Gasteiger partial charge on any atom is -0.461 e. The molecule has 1 fully saturated rings. The second-order valence-electron chi connectivity index (χ2n) is 10.3. The average Bonchev–Trinajstić information content (AvgIpc) is 3.01. The molecule has 0 bridgehead atoms. The van der Waals surface area contributed by atoms with Gasteiger partial charge in [0.15, 0.2) is 21.3 Å². The van der Waals surface area contributed by atoms with Crippen LogP contribution in [0.4, 0.5) is 0 Å². The summed E-state index contributed by atoms with van der Waals surface area (Å²) in [6.07, 6.45) is -1.07. The maximum atomic E-state index is 14.0. The molecule has 2 atom stereocenters. The lowest BCUT2D eigenvalue weighted by molar-refractivity contribution is -0.194. The van der Waals surface area contributed by atoms with Gasteiger partial charge < -0.3 is 19.5 Å². The Bertz CT molecular complexity index is 1670. The van der Waals surface area contributed by atoms with Gasteiger partial charge in [-0.25, -0.2) is 13.2 Å². The van der Waals surface area contributed by atoms with Crippen molar-refractivity contribution in [2.24, 2.45) is 0 Å². The molecule has 12 heteroatoms. The quantitative estimate of drug-likeness (QED) is 0.206. The summed E-state index contributed by atoms with van der Waals surface area (Å²) in [5, 5.41) is 0.683.